The second kappa shape index (κ2) is 6.19. The van der Waals surface area contributed by atoms with E-state index in [0.717, 1.165) is 11.3 Å². The maximum Gasteiger partial charge on any atom is 0.247 e. The second-order valence-corrected chi connectivity index (χ2v) is 6.35. The van der Waals surface area contributed by atoms with Crippen molar-refractivity contribution in [2.75, 3.05) is 5.32 Å². The fourth-order valence-electron chi connectivity index (χ4n) is 1.96. The molecule has 3 aromatic rings. The highest BCUT2D eigenvalue weighted by Crippen LogP contribution is 2.18. The summed E-state index contributed by atoms with van der Waals surface area (Å²) >= 11 is 0. The standard InChI is InChI=1S/C15H14N4O3S/c16-23(20,21)13-8-6-12(7-9-13)17-10-14-18-19-15(22-14)11-4-2-1-3-5-11/h1-9,17H,10H2,(H2,16,20,21). The van der Waals surface area contributed by atoms with Crippen LogP contribution in [0.15, 0.2) is 63.9 Å². The van der Waals surface area contributed by atoms with E-state index >= 15 is 0 Å². The van der Waals surface area contributed by atoms with Crippen molar-refractivity contribution in [3.05, 3.63) is 60.5 Å². The number of nitrogens with zero attached hydrogens (tertiary/aromatic N) is 2. The van der Waals surface area contributed by atoms with E-state index in [2.05, 4.69) is 15.5 Å². The molecule has 0 atom stereocenters. The van der Waals surface area contributed by atoms with Crippen LogP contribution in [-0.4, -0.2) is 18.6 Å². The lowest BCUT2D eigenvalue weighted by molar-refractivity contribution is 0.515. The van der Waals surface area contributed by atoms with Crippen LogP contribution in [0.25, 0.3) is 11.5 Å². The molecule has 2 aromatic carbocycles. The van der Waals surface area contributed by atoms with Crippen molar-refractivity contribution in [3.63, 3.8) is 0 Å². The van der Waals surface area contributed by atoms with Crippen LogP contribution in [0.1, 0.15) is 5.89 Å². The largest absolute Gasteiger partial charge is 0.419 e. The molecule has 0 unspecified atom stereocenters. The van der Waals surface area contributed by atoms with Crippen LogP contribution in [-0.2, 0) is 16.6 Å². The van der Waals surface area contributed by atoms with Crippen LogP contribution in [0.4, 0.5) is 5.69 Å². The molecular weight excluding hydrogens is 316 g/mol. The molecule has 3 N–H and O–H groups in total. The van der Waals surface area contributed by atoms with Gasteiger partial charge in [0.25, 0.3) is 0 Å². The number of benzene rings is 2. The zero-order valence-corrected chi connectivity index (χ0v) is 12.8. The van der Waals surface area contributed by atoms with Gasteiger partial charge in [-0.3, -0.25) is 0 Å². The van der Waals surface area contributed by atoms with Gasteiger partial charge in [0.1, 0.15) is 0 Å². The first-order valence-corrected chi connectivity index (χ1v) is 8.31. The lowest BCUT2D eigenvalue weighted by Gasteiger charge is -2.04. The molecule has 1 aromatic heterocycles. The smallest absolute Gasteiger partial charge is 0.247 e. The Balaban J connectivity index is 1.66. The van der Waals surface area contributed by atoms with Crippen molar-refractivity contribution in [1.82, 2.24) is 10.2 Å². The van der Waals surface area contributed by atoms with Gasteiger partial charge in [0.2, 0.25) is 21.8 Å². The first-order chi connectivity index (χ1) is 11.0. The molecule has 0 aliphatic rings. The number of hydrogen-bond donors (Lipinski definition) is 2. The minimum atomic E-state index is -3.68. The zero-order valence-electron chi connectivity index (χ0n) is 12.0. The predicted molar refractivity (Wildman–Crippen MR) is 84.9 cm³/mol. The summed E-state index contributed by atoms with van der Waals surface area (Å²) in [5.41, 5.74) is 1.57. The summed E-state index contributed by atoms with van der Waals surface area (Å²) in [6.07, 6.45) is 0. The minimum Gasteiger partial charge on any atom is -0.419 e. The van der Waals surface area contributed by atoms with Crippen LogP contribution in [0.3, 0.4) is 0 Å². The van der Waals surface area contributed by atoms with Crippen LogP contribution < -0.4 is 10.5 Å². The fourth-order valence-corrected chi connectivity index (χ4v) is 2.48. The lowest BCUT2D eigenvalue weighted by atomic mass is 10.2. The highest BCUT2D eigenvalue weighted by molar-refractivity contribution is 7.89. The highest BCUT2D eigenvalue weighted by Gasteiger charge is 2.09. The van der Waals surface area contributed by atoms with Crippen molar-refractivity contribution in [2.45, 2.75) is 11.4 Å². The van der Waals surface area contributed by atoms with Crippen LogP contribution >= 0.6 is 0 Å². The fraction of sp³-hybridized carbons (Fsp3) is 0.0667. The van der Waals surface area contributed by atoms with Gasteiger partial charge >= 0.3 is 0 Å². The van der Waals surface area contributed by atoms with Crippen molar-refractivity contribution < 1.29 is 12.8 Å². The number of sulfonamides is 1. The Hall–Kier alpha value is -2.71. The van der Waals surface area contributed by atoms with E-state index in [0.29, 0.717) is 18.3 Å². The topological polar surface area (TPSA) is 111 Å². The van der Waals surface area contributed by atoms with Crippen molar-refractivity contribution >= 4 is 15.7 Å². The van der Waals surface area contributed by atoms with E-state index in [4.69, 9.17) is 9.56 Å². The van der Waals surface area contributed by atoms with Gasteiger partial charge in [-0.2, -0.15) is 0 Å². The van der Waals surface area contributed by atoms with Gasteiger partial charge in [-0.15, -0.1) is 10.2 Å². The molecule has 8 heteroatoms. The molecule has 3 rings (SSSR count). The molecule has 118 valence electrons. The molecule has 0 fully saturated rings. The Bertz CT molecular complexity index is 890. The molecular formula is C15H14N4O3S. The maximum atomic E-state index is 11.2. The summed E-state index contributed by atoms with van der Waals surface area (Å²) in [6.45, 7) is 0.328. The minimum absolute atomic E-state index is 0.0622. The van der Waals surface area contributed by atoms with E-state index in [9.17, 15) is 8.42 Å². The van der Waals surface area contributed by atoms with Gasteiger partial charge in [-0.25, -0.2) is 13.6 Å². The van der Waals surface area contributed by atoms with Gasteiger partial charge in [0.15, 0.2) is 0 Å². The second-order valence-electron chi connectivity index (χ2n) is 4.79. The van der Waals surface area contributed by atoms with E-state index in [1.54, 1.807) is 12.1 Å². The van der Waals surface area contributed by atoms with Crippen molar-refractivity contribution in [1.29, 1.82) is 0 Å². The molecule has 0 aliphatic heterocycles. The molecule has 0 amide bonds. The SMILES string of the molecule is NS(=O)(=O)c1ccc(NCc2nnc(-c3ccccc3)o2)cc1. The number of rotatable bonds is 5. The van der Waals surface area contributed by atoms with Gasteiger partial charge in [-0.1, -0.05) is 18.2 Å². The molecule has 0 radical (unpaired) electrons. The summed E-state index contributed by atoms with van der Waals surface area (Å²) in [5.74, 6) is 0.881. The Kier molecular flexibility index (Phi) is 4.09. The van der Waals surface area contributed by atoms with Gasteiger partial charge in [0, 0.05) is 11.3 Å². The Labute approximate surface area is 133 Å². The molecule has 23 heavy (non-hydrogen) atoms. The van der Waals surface area contributed by atoms with Gasteiger partial charge in [0.05, 0.1) is 11.4 Å². The summed E-state index contributed by atoms with van der Waals surface area (Å²) in [6, 6.07) is 15.6. The van der Waals surface area contributed by atoms with Gasteiger partial charge in [-0.05, 0) is 36.4 Å². The third-order valence-corrected chi connectivity index (χ3v) is 4.04. The van der Waals surface area contributed by atoms with Crippen LogP contribution in [0, 0.1) is 0 Å². The average molecular weight is 330 g/mol. The first-order valence-electron chi connectivity index (χ1n) is 6.77. The number of anilines is 1. The van der Waals surface area contributed by atoms with Crippen molar-refractivity contribution in [2.24, 2.45) is 5.14 Å². The summed E-state index contributed by atoms with van der Waals surface area (Å²) in [4.78, 5) is 0.0622. The lowest BCUT2D eigenvalue weighted by Crippen LogP contribution is -2.12. The Morgan fingerprint density at radius 1 is 1.00 bits per heavy atom. The quantitative estimate of drug-likeness (QED) is 0.740. The monoisotopic (exact) mass is 330 g/mol. The van der Waals surface area contributed by atoms with E-state index in [-0.39, 0.29) is 4.90 Å². The van der Waals surface area contributed by atoms with E-state index in [1.807, 2.05) is 30.3 Å². The van der Waals surface area contributed by atoms with Crippen molar-refractivity contribution in [3.8, 4) is 11.5 Å². The maximum absolute atomic E-state index is 11.2. The highest BCUT2D eigenvalue weighted by atomic mass is 32.2. The number of primary sulfonamides is 1. The number of nitrogens with two attached hydrogens (primary N) is 1. The zero-order chi connectivity index (χ0) is 16.3. The Morgan fingerprint density at radius 2 is 1.70 bits per heavy atom. The number of hydrogen-bond acceptors (Lipinski definition) is 6. The third kappa shape index (κ3) is 3.74. The number of nitrogens with one attached hydrogen (secondary N) is 1. The molecule has 0 bridgehead atoms. The predicted octanol–water partition coefficient (Wildman–Crippen LogP) is 2.00. The molecule has 7 nitrogen and oxygen atoms in total. The molecule has 0 spiro atoms. The molecule has 0 aliphatic carbocycles. The van der Waals surface area contributed by atoms with Crippen LogP contribution in [0.5, 0.6) is 0 Å². The first kappa shape index (κ1) is 15.2. The van der Waals surface area contributed by atoms with E-state index < -0.39 is 10.0 Å². The Morgan fingerprint density at radius 3 is 2.35 bits per heavy atom. The third-order valence-electron chi connectivity index (χ3n) is 3.11. The van der Waals surface area contributed by atoms with Crippen LogP contribution in [0.2, 0.25) is 0 Å². The molecule has 0 saturated carbocycles. The molecule has 0 saturated heterocycles. The normalized spacial score (nSPS) is 11.3. The van der Waals surface area contributed by atoms with Gasteiger partial charge < -0.3 is 9.73 Å². The summed E-state index contributed by atoms with van der Waals surface area (Å²) in [7, 11) is -3.68. The average Bonchev–Trinajstić information content (AvgIpc) is 3.02. The molecule has 1 heterocycles. The number of aromatic nitrogens is 2. The summed E-state index contributed by atoms with van der Waals surface area (Å²) in [5, 5.41) is 16.1. The summed E-state index contributed by atoms with van der Waals surface area (Å²) < 4.78 is 27.9. The van der Waals surface area contributed by atoms with E-state index in [1.165, 1.54) is 12.1 Å².